The number of carbonyl (C=O) groups excluding carboxylic acids is 1. The van der Waals surface area contributed by atoms with E-state index < -0.39 is 0 Å². The van der Waals surface area contributed by atoms with Crippen LogP contribution in [-0.4, -0.2) is 25.7 Å². The monoisotopic (exact) mass is 413 g/mol. The van der Waals surface area contributed by atoms with Crippen molar-refractivity contribution >= 4 is 33.4 Å². The lowest BCUT2D eigenvalue weighted by Gasteiger charge is -2.20. The van der Waals surface area contributed by atoms with Gasteiger partial charge in [-0.25, -0.2) is 4.39 Å². The fourth-order valence-corrected chi connectivity index (χ4v) is 3.05. The SMILES string of the molecule is O=C(NCCc1ccc(F)c(Br)c1)c1cc(Cl)c2c(c1)OCCO2. The lowest BCUT2D eigenvalue weighted by Crippen LogP contribution is -2.26. The van der Waals surface area contributed by atoms with Gasteiger partial charge in [-0.05, 0) is 52.2 Å². The maximum atomic E-state index is 13.2. The van der Waals surface area contributed by atoms with Crippen molar-refractivity contribution in [2.24, 2.45) is 0 Å². The summed E-state index contributed by atoms with van der Waals surface area (Å²) >= 11 is 9.27. The molecule has 7 heteroatoms. The molecule has 0 bridgehead atoms. The maximum Gasteiger partial charge on any atom is 0.251 e. The van der Waals surface area contributed by atoms with E-state index in [1.54, 1.807) is 24.3 Å². The second-order valence-corrected chi connectivity index (χ2v) is 6.50. The van der Waals surface area contributed by atoms with E-state index in [-0.39, 0.29) is 11.7 Å². The molecule has 1 N–H and O–H groups in total. The Balaban J connectivity index is 1.63. The molecule has 0 unspecified atom stereocenters. The Hall–Kier alpha value is -1.79. The standard InChI is InChI=1S/C17H14BrClFNO3/c18-12-7-10(1-2-14(12)20)3-4-21-17(22)11-8-13(19)16-15(9-11)23-5-6-24-16/h1-2,7-9H,3-6H2,(H,21,22). The third-order valence-corrected chi connectivity index (χ3v) is 4.43. The molecule has 0 spiro atoms. The van der Waals surface area contributed by atoms with Gasteiger partial charge < -0.3 is 14.8 Å². The highest BCUT2D eigenvalue weighted by Gasteiger charge is 2.19. The minimum atomic E-state index is -0.311. The van der Waals surface area contributed by atoms with Gasteiger partial charge in [0, 0.05) is 12.1 Å². The summed E-state index contributed by atoms with van der Waals surface area (Å²) in [5, 5.41) is 3.16. The molecule has 0 radical (unpaired) electrons. The first-order chi connectivity index (χ1) is 11.5. The molecule has 3 rings (SSSR count). The van der Waals surface area contributed by atoms with Gasteiger partial charge in [0.05, 0.1) is 9.50 Å². The molecule has 0 atom stereocenters. The highest BCUT2D eigenvalue weighted by atomic mass is 79.9. The van der Waals surface area contributed by atoms with E-state index in [1.807, 2.05) is 0 Å². The summed E-state index contributed by atoms with van der Waals surface area (Å²) in [5.74, 6) is 0.376. The van der Waals surface area contributed by atoms with Crippen LogP contribution in [0.15, 0.2) is 34.8 Å². The average Bonchev–Trinajstić information content (AvgIpc) is 2.58. The Bertz CT molecular complexity index is 785. The third kappa shape index (κ3) is 3.82. The summed E-state index contributed by atoms with van der Waals surface area (Å²) in [6.07, 6.45) is 0.586. The van der Waals surface area contributed by atoms with Crippen molar-refractivity contribution in [2.45, 2.75) is 6.42 Å². The fourth-order valence-electron chi connectivity index (χ4n) is 2.36. The number of hydrogen-bond acceptors (Lipinski definition) is 3. The molecule has 0 saturated heterocycles. The first-order valence-corrected chi connectivity index (χ1v) is 8.53. The summed E-state index contributed by atoms with van der Waals surface area (Å²) in [5.41, 5.74) is 1.33. The fraction of sp³-hybridized carbons (Fsp3) is 0.235. The second kappa shape index (κ2) is 7.40. The predicted molar refractivity (Wildman–Crippen MR) is 92.6 cm³/mol. The Labute approximate surface area is 152 Å². The molecule has 0 saturated carbocycles. The van der Waals surface area contributed by atoms with Gasteiger partial charge in [0.25, 0.3) is 5.91 Å². The third-order valence-electron chi connectivity index (χ3n) is 3.54. The Morgan fingerprint density at radius 1 is 1.25 bits per heavy atom. The van der Waals surface area contributed by atoms with E-state index in [2.05, 4.69) is 21.2 Å². The first-order valence-electron chi connectivity index (χ1n) is 7.36. The number of rotatable bonds is 4. The van der Waals surface area contributed by atoms with Crippen LogP contribution in [0, 0.1) is 5.82 Å². The number of fused-ring (bicyclic) bond motifs is 1. The lowest BCUT2D eigenvalue weighted by molar-refractivity contribution is 0.0953. The number of benzene rings is 2. The van der Waals surface area contributed by atoms with Gasteiger partial charge in [0.2, 0.25) is 0 Å². The van der Waals surface area contributed by atoms with Crippen LogP contribution in [0.4, 0.5) is 4.39 Å². The summed E-state index contributed by atoms with van der Waals surface area (Å²) in [6, 6.07) is 7.94. The molecule has 24 heavy (non-hydrogen) atoms. The van der Waals surface area contributed by atoms with Crippen LogP contribution >= 0.6 is 27.5 Å². The smallest absolute Gasteiger partial charge is 0.251 e. The van der Waals surface area contributed by atoms with Crippen LogP contribution in [0.25, 0.3) is 0 Å². The maximum absolute atomic E-state index is 13.2. The summed E-state index contributed by atoms with van der Waals surface area (Å²) in [6.45, 7) is 1.28. The molecule has 1 heterocycles. The number of nitrogens with one attached hydrogen (secondary N) is 1. The molecule has 1 aliphatic heterocycles. The van der Waals surface area contributed by atoms with Crippen molar-refractivity contribution in [3.8, 4) is 11.5 Å². The van der Waals surface area contributed by atoms with Crippen LogP contribution < -0.4 is 14.8 Å². The van der Waals surface area contributed by atoms with E-state index in [9.17, 15) is 9.18 Å². The lowest BCUT2D eigenvalue weighted by atomic mass is 10.1. The number of hydrogen-bond donors (Lipinski definition) is 1. The normalized spacial score (nSPS) is 12.8. The largest absolute Gasteiger partial charge is 0.486 e. The Morgan fingerprint density at radius 2 is 2.04 bits per heavy atom. The van der Waals surface area contributed by atoms with Gasteiger partial charge >= 0.3 is 0 Å². The molecular formula is C17H14BrClFNO3. The average molecular weight is 415 g/mol. The Kier molecular flexibility index (Phi) is 5.26. The predicted octanol–water partition coefficient (Wildman–Crippen LogP) is 3.99. The van der Waals surface area contributed by atoms with Crippen molar-refractivity contribution in [3.63, 3.8) is 0 Å². The minimum absolute atomic E-state index is 0.255. The van der Waals surface area contributed by atoms with E-state index >= 15 is 0 Å². The summed E-state index contributed by atoms with van der Waals surface area (Å²) in [4.78, 5) is 12.3. The van der Waals surface area contributed by atoms with Crippen molar-refractivity contribution in [1.29, 1.82) is 0 Å². The molecule has 1 aliphatic rings. The molecule has 0 aliphatic carbocycles. The number of halogens is 3. The van der Waals surface area contributed by atoms with Crippen LogP contribution in [-0.2, 0) is 6.42 Å². The van der Waals surface area contributed by atoms with E-state index in [0.717, 1.165) is 5.56 Å². The molecule has 4 nitrogen and oxygen atoms in total. The zero-order valence-corrected chi connectivity index (χ0v) is 14.9. The highest BCUT2D eigenvalue weighted by molar-refractivity contribution is 9.10. The van der Waals surface area contributed by atoms with E-state index in [0.29, 0.717) is 52.7 Å². The molecule has 0 fully saturated rings. The van der Waals surface area contributed by atoms with Gasteiger partial charge in [-0.2, -0.15) is 0 Å². The van der Waals surface area contributed by atoms with Crippen molar-refractivity contribution in [1.82, 2.24) is 5.32 Å². The molecule has 2 aromatic rings. The van der Waals surface area contributed by atoms with Crippen molar-refractivity contribution < 1.29 is 18.7 Å². The van der Waals surface area contributed by atoms with Crippen LogP contribution in [0.1, 0.15) is 15.9 Å². The van der Waals surface area contributed by atoms with E-state index in [4.69, 9.17) is 21.1 Å². The van der Waals surface area contributed by atoms with Crippen LogP contribution in [0.2, 0.25) is 5.02 Å². The van der Waals surface area contributed by atoms with Crippen LogP contribution in [0.5, 0.6) is 11.5 Å². The van der Waals surface area contributed by atoms with Gasteiger partial charge in [0.15, 0.2) is 11.5 Å². The van der Waals surface area contributed by atoms with Crippen molar-refractivity contribution in [2.75, 3.05) is 19.8 Å². The minimum Gasteiger partial charge on any atom is -0.486 e. The topological polar surface area (TPSA) is 47.6 Å². The van der Waals surface area contributed by atoms with Crippen LogP contribution in [0.3, 0.4) is 0 Å². The molecular weight excluding hydrogens is 401 g/mol. The summed E-state index contributed by atoms with van der Waals surface area (Å²) < 4.78 is 24.5. The molecule has 1 amide bonds. The summed E-state index contributed by atoms with van der Waals surface area (Å²) in [7, 11) is 0. The zero-order valence-electron chi connectivity index (χ0n) is 12.6. The van der Waals surface area contributed by atoms with E-state index in [1.165, 1.54) is 6.07 Å². The van der Waals surface area contributed by atoms with Gasteiger partial charge in [-0.15, -0.1) is 0 Å². The first kappa shape index (κ1) is 17.0. The second-order valence-electron chi connectivity index (χ2n) is 5.24. The number of ether oxygens (including phenoxy) is 2. The zero-order chi connectivity index (χ0) is 17.1. The van der Waals surface area contributed by atoms with Gasteiger partial charge in [-0.3, -0.25) is 4.79 Å². The number of carbonyl (C=O) groups is 1. The molecule has 2 aromatic carbocycles. The molecule has 0 aromatic heterocycles. The number of amides is 1. The Morgan fingerprint density at radius 3 is 2.83 bits per heavy atom. The van der Waals surface area contributed by atoms with Gasteiger partial charge in [-0.1, -0.05) is 17.7 Å². The quantitative estimate of drug-likeness (QED) is 0.823. The van der Waals surface area contributed by atoms with Gasteiger partial charge in [0.1, 0.15) is 19.0 Å². The molecule has 126 valence electrons. The highest BCUT2D eigenvalue weighted by Crippen LogP contribution is 2.38. The van der Waals surface area contributed by atoms with Crippen molar-refractivity contribution in [3.05, 3.63) is 56.8 Å².